The van der Waals surface area contributed by atoms with Crippen LogP contribution in [0.25, 0.3) is 0 Å². The molecule has 100 valence electrons. The Hall–Kier alpha value is -1.39. The second kappa shape index (κ2) is 7.13. The number of hydrogen-bond acceptors (Lipinski definition) is 4. The quantitative estimate of drug-likeness (QED) is 0.748. The van der Waals surface area contributed by atoms with Crippen LogP contribution in [0.2, 0.25) is 0 Å². The summed E-state index contributed by atoms with van der Waals surface area (Å²) in [5.74, 6) is 0.909. The van der Waals surface area contributed by atoms with Crippen LogP contribution in [-0.2, 0) is 6.54 Å². The van der Waals surface area contributed by atoms with Gasteiger partial charge in [-0.2, -0.15) is 0 Å². The predicted octanol–water partition coefficient (Wildman–Crippen LogP) is 1.68. The van der Waals surface area contributed by atoms with Gasteiger partial charge in [0, 0.05) is 30.8 Å². The van der Waals surface area contributed by atoms with Crippen LogP contribution in [0.1, 0.15) is 29.8 Å². The third-order valence-electron chi connectivity index (χ3n) is 2.72. The first-order chi connectivity index (χ1) is 8.58. The highest BCUT2D eigenvalue weighted by Gasteiger charge is 2.09. The summed E-state index contributed by atoms with van der Waals surface area (Å²) >= 11 is 0. The Bertz CT molecular complexity index is 405. The lowest BCUT2D eigenvalue weighted by molar-refractivity contribution is 0.101. The van der Waals surface area contributed by atoms with Crippen LogP contribution in [0.15, 0.2) is 18.2 Å². The average Bonchev–Trinajstić information content (AvgIpc) is 2.31. The van der Waals surface area contributed by atoms with Crippen molar-refractivity contribution in [2.45, 2.75) is 20.4 Å². The van der Waals surface area contributed by atoms with Crippen molar-refractivity contribution in [1.82, 2.24) is 4.90 Å². The lowest BCUT2D eigenvalue weighted by Crippen LogP contribution is -2.25. The number of Topliss-reactive ketones (excluding diaryl/α,β-unsaturated/α-hetero) is 1. The number of hydrogen-bond donors (Lipinski definition) is 1. The summed E-state index contributed by atoms with van der Waals surface area (Å²) in [5, 5.41) is 0. The molecule has 0 unspecified atom stereocenters. The molecular formula is C14H22N2O2. The summed E-state index contributed by atoms with van der Waals surface area (Å²) in [5.41, 5.74) is 7.28. The molecule has 0 radical (unpaired) electrons. The molecule has 4 nitrogen and oxygen atoms in total. The fraction of sp³-hybridized carbons (Fsp3) is 0.500. The molecule has 0 aliphatic rings. The number of ketones is 1. The van der Waals surface area contributed by atoms with Crippen molar-refractivity contribution in [2.75, 3.05) is 26.7 Å². The van der Waals surface area contributed by atoms with E-state index in [1.54, 1.807) is 13.0 Å². The maximum absolute atomic E-state index is 11.4. The Labute approximate surface area is 109 Å². The van der Waals surface area contributed by atoms with Crippen LogP contribution in [0.5, 0.6) is 5.75 Å². The van der Waals surface area contributed by atoms with Crippen LogP contribution >= 0.6 is 0 Å². The van der Waals surface area contributed by atoms with E-state index in [1.807, 2.05) is 26.1 Å². The number of nitrogens with zero attached hydrogens (tertiary/aromatic N) is 1. The number of rotatable bonds is 7. The maximum atomic E-state index is 11.4. The standard InChI is InChI=1S/C14H22N2O2/c1-4-18-14-6-5-12(11(2)17)9-13(14)10-16(3)8-7-15/h5-6,9H,4,7-8,10,15H2,1-3H3. The second-order valence-corrected chi connectivity index (χ2v) is 4.34. The molecule has 4 heteroatoms. The van der Waals surface area contributed by atoms with Gasteiger partial charge in [0.25, 0.3) is 0 Å². The molecule has 0 heterocycles. The van der Waals surface area contributed by atoms with Gasteiger partial charge in [-0.3, -0.25) is 4.79 Å². The van der Waals surface area contributed by atoms with Gasteiger partial charge in [0.15, 0.2) is 5.78 Å². The first kappa shape index (κ1) is 14.7. The van der Waals surface area contributed by atoms with E-state index in [0.717, 1.165) is 30.0 Å². The Morgan fingerprint density at radius 1 is 1.44 bits per heavy atom. The van der Waals surface area contributed by atoms with Gasteiger partial charge in [-0.25, -0.2) is 0 Å². The highest BCUT2D eigenvalue weighted by Crippen LogP contribution is 2.22. The number of ether oxygens (including phenoxy) is 1. The van der Waals surface area contributed by atoms with Gasteiger partial charge in [-0.1, -0.05) is 0 Å². The zero-order valence-electron chi connectivity index (χ0n) is 11.4. The molecule has 0 fully saturated rings. The minimum absolute atomic E-state index is 0.0702. The molecule has 1 rings (SSSR count). The molecule has 0 aromatic heterocycles. The summed E-state index contributed by atoms with van der Waals surface area (Å²) in [6.45, 7) is 6.30. The van der Waals surface area contributed by atoms with Gasteiger partial charge in [0.05, 0.1) is 6.61 Å². The fourth-order valence-electron chi connectivity index (χ4n) is 1.81. The van der Waals surface area contributed by atoms with Crippen molar-refractivity contribution in [3.05, 3.63) is 29.3 Å². The number of likely N-dealkylation sites (N-methyl/N-ethyl adjacent to an activating group) is 1. The van der Waals surface area contributed by atoms with E-state index in [2.05, 4.69) is 4.90 Å². The summed E-state index contributed by atoms with van der Waals surface area (Å²) in [6.07, 6.45) is 0. The number of carbonyl (C=O) groups is 1. The normalized spacial score (nSPS) is 10.7. The first-order valence-electron chi connectivity index (χ1n) is 6.23. The number of nitrogens with two attached hydrogens (primary N) is 1. The summed E-state index contributed by atoms with van der Waals surface area (Å²) in [4.78, 5) is 13.5. The summed E-state index contributed by atoms with van der Waals surface area (Å²) < 4.78 is 5.58. The Morgan fingerprint density at radius 2 is 2.17 bits per heavy atom. The number of carbonyl (C=O) groups excluding carboxylic acids is 1. The van der Waals surface area contributed by atoms with Crippen molar-refractivity contribution < 1.29 is 9.53 Å². The third-order valence-corrected chi connectivity index (χ3v) is 2.72. The van der Waals surface area contributed by atoms with Gasteiger partial charge in [-0.15, -0.1) is 0 Å². The van der Waals surface area contributed by atoms with Gasteiger partial charge < -0.3 is 15.4 Å². The van der Waals surface area contributed by atoms with E-state index in [1.165, 1.54) is 0 Å². The molecule has 0 atom stereocenters. The summed E-state index contributed by atoms with van der Waals surface area (Å²) in [6, 6.07) is 5.58. The van der Waals surface area contributed by atoms with Crippen molar-refractivity contribution in [3.8, 4) is 5.75 Å². The van der Waals surface area contributed by atoms with Crippen LogP contribution in [0.3, 0.4) is 0 Å². The van der Waals surface area contributed by atoms with Gasteiger partial charge >= 0.3 is 0 Å². The van der Waals surface area contributed by atoms with E-state index in [-0.39, 0.29) is 5.78 Å². The van der Waals surface area contributed by atoms with Crippen LogP contribution < -0.4 is 10.5 Å². The lowest BCUT2D eigenvalue weighted by atomic mass is 10.1. The average molecular weight is 250 g/mol. The van der Waals surface area contributed by atoms with Gasteiger partial charge in [0.2, 0.25) is 0 Å². The zero-order chi connectivity index (χ0) is 13.5. The van der Waals surface area contributed by atoms with Crippen molar-refractivity contribution in [2.24, 2.45) is 5.73 Å². The summed E-state index contributed by atoms with van der Waals surface area (Å²) in [7, 11) is 2.00. The smallest absolute Gasteiger partial charge is 0.159 e. The fourth-order valence-corrected chi connectivity index (χ4v) is 1.81. The molecule has 0 saturated carbocycles. The van der Waals surface area contributed by atoms with Crippen LogP contribution in [0, 0.1) is 0 Å². The van der Waals surface area contributed by atoms with Crippen LogP contribution in [-0.4, -0.2) is 37.4 Å². The molecular weight excluding hydrogens is 228 g/mol. The molecule has 0 saturated heterocycles. The zero-order valence-corrected chi connectivity index (χ0v) is 11.4. The van der Waals surface area contributed by atoms with Gasteiger partial charge in [0.1, 0.15) is 5.75 Å². The minimum Gasteiger partial charge on any atom is -0.494 e. The Kier molecular flexibility index (Phi) is 5.82. The van der Waals surface area contributed by atoms with E-state index < -0.39 is 0 Å². The molecule has 1 aromatic rings. The lowest BCUT2D eigenvalue weighted by Gasteiger charge is -2.18. The van der Waals surface area contributed by atoms with E-state index in [9.17, 15) is 4.79 Å². The SMILES string of the molecule is CCOc1ccc(C(C)=O)cc1CN(C)CCN. The molecule has 0 bridgehead atoms. The van der Waals surface area contributed by atoms with Gasteiger partial charge in [-0.05, 0) is 39.1 Å². The maximum Gasteiger partial charge on any atom is 0.159 e. The molecule has 0 amide bonds. The molecule has 0 spiro atoms. The largest absolute Gasteiger partial charge is 0.494 e. The second-order valence-electron chi connectivity index (χ2n) is 4.34. The first-order valence-corrected chi connectivity index (χ1v) is 6.23. The molecule has 18 heavy (non-hydrogen) atoms. The van der Waals surface area contributed by atoms with Crippen molar-refractivity contribution in [1.29, 1.82) is 0 Å². The monoisotopic (exact) mass is 250 g/mol. The highest BCUT2D eigenvalue weighted by atomic mass is 16.5. The Balaban J connectivity index is 2.95. The Morgan fingerprint density at radius 3 is 2.72 bits per heavy atom. The minimum atomic E-state index is 0.0702. The van der Waals surface area contributed by atoms with Crippen molar-refractivity contribution >= 4 is 5.78 Å². The number of benzene rings is 1. The molecule has 1 aromatic carbocycles. The third kappa shape index (κ3) is 4.13. The van der Waals surface area contributed by atoms with E-state index in [4.69, 9.17) is 10.5 Å². The van der Waals surface area contributed by atoms with E-state index >= 15 is 0 Å². The highest BCUT2D eigenvalue weighted by molar-refractivity contribution is 5.94. The van der Waals surface area contributed by atoms with Crippen LogP contribution in [0.4, 0.5) is 0 Å². The topological polar surface area (TPSA) is 55.6 Å². The van der Waals surface area contributed by atoms with Crippen molar-refractivity contribution in [3.63, 3.8) is 0 Å². The molecule has 0 aliphatic carbocycles. The predicted molar refractivity (Wildman–Crippen MR) is 73.0 cm³/mol. The van der Waals surface area contributed by atoms with E-state index in [0.29, 0.717) is 13.2 Å². The molecule has 2 N–H and O–H groups in total. The molecule has 0 aliphatic heterocycles.